The molecule has 106 valence electrons. The molecule has 3 rings (SSSR count). The second-order valence-electron chi connectivity index (χ2n) is 5.79. The van der Waals surface area contributed by atoms with Crippen LogP contribution in [0.3, 0.4) is 0 Å². The molecule has 0 amide bonds. The highest BCUT2D eigenvalue weighted by Gasteiger charge is 2.19. The first-order valence-electron chi connectivity index (χ1n) is 7.77. The molecule has 20 heavy (non-hydrogen) atoms. The van der Waals surface area contributed by atoms with Gasteiger partial charge in [-0.2, -0.15) is 0 Å². The Hall–Kier alpha value is -1.38. The fourth-order valence-electron chi connectivity index (χ4n) is 3.36. The molecule has 0 bridgehead atoms. The Labute approximate surface area is 121 Å². The van der Waals surface area contributed by atoms with Crippen molar-refractivity contribution in [3.63, 3.8) is 0 Å². The van der Waals surface area contributed by atoms with Crippen molar-refractivity contribution >= 4 is 10.8 Å². The van der Waals surface area contributed by atoms with E-state index in [2.05, 4.69) is 60.1 Å². The summed E-state index contributed by atoms with van der Waals surface area (Å²) >= 11 is 0. The van der Waals surface area contributed by atoms with Crippen LogP contribution in [0.5, 0.6) is 0 Å². The number of benzene rings is 2. The molecule has 2 aromatic rings. The fourth-order valence-corrected chi connectivity index (χ4v) is 3.36. The van der Waals surface area contributed by atoms with Crippen LogP contribution >= 0.6 is 0 Å². The average molecular weight is 268 g/mol. The lowest BCUT2D eigenvalue weighted by Crippen LogP contribution is -2.37. The van der Waals surface area contributed by atoms with E-state index in [9.17, 15) is 0 Å². The molecular weight excluding hydrogens is 244 g/mol. The molecule has 1 aliphatic rings. The quantitative estimate of drug-likeness (QED) is 0.884. The Morgan fingerprint density at radius 2 is 2.00 bits per heavy atom. The van der Waals surface area contributed by atoms with Gasteiger partial charge in [-0.05, 0) is 49.2 Å². The van der Waals surface area contributed by atoms with Crippen LogP contribution < -0.4 is 10.6 Å². The lowest BCUT2D eigenvalue weighted by atomic mass is 9.91. The second-order valence-corrected chi connectivity index (χ2v) is 5.79. The van der Waals surface area contributed by atoms with Gasteiger partial charge in [0.15, 0.2) is 0 Å². The van der Waals surface area contributed by atoms with Crippen molar-refractivity contribution in [2.45, 2.75) is 37.8 Å². The van der Waals surface area contributed by atoms with Gasteiger partial charge in [-0.1, -0.05) is 48.9 Å². The summed E-state index contributed by atoms with van der Waals surface area (Å²) in [7, 11) is 2.08. The van der Waals surface area contributed by atoms with E-state index in [1.807, 2.05) is 0 Å². The standard InChI is InChI=1S/C18H24N2/c1-19-18(13-15-9-4-5-12-20-15)17-11-6-8-14-7-2-3-10-16(14)17/h2-3,6-8,10-11,15,18-20H,4-5,9,12-13H2,1H3. The number of hydrogen-bond acceptors (Lipinski definition) is 2. The SMILES string of the molecule is CNC(CC1CCCCN1)c1cccc2ccccc12. The van der Waals surface area contributed by atoms with Crippen LogP contribution in [0, 0.1) is 0 Å². The lowest BCUT2D eigenvalue weighted by Gasteiger charge is -2.28. The van der Waals surface area contributed by atoms with E-state index in [1.165, 1.54) is 48.6 Å². The van der Waals surface area contributed by atoms with Gasteiger partial charge in [-0.3, -0.25) is 0 Å². The van der Waals surface area contributed by atoms with Crippen LogP contribution in [0.1, 0.15) is 37.3 Å². The molecule has 1 saturated heterocycles. The molecule has 0 aromatic heterocycles. The van der Waals surface area contributed by atoms with E-state index in [1.54, 1.807) is 0 Å². The highest BCUT2D eigenvalue weighted by molar-refractivity contribution is 5.86. The Bertz CT molecular complexity index is 553. The Morgan fingerprint density at radius 1 is 1.15 bits per heavy atom. The monoisotopic (exact) mass is 268 g/mol. The number of fused-ring (bicyclic) bond motifs is 1. The van der Waals surface area contributed by atoms with Gasteiger partial charge in [-0.25, -0.2) is 0 Å². The van der Waals surface area contributed by atoms with Crippen molar-refractivity contribution in [2.24, 2.45) is 0 Å². The lowest BCUT2D eigenvalue weighted by molar-refractivity contribution is 0.347. The molecular formula is C18H24N2. The van der Waals surface area contributed by atoms with Gasteiger partial charge >= 0.3 is 0 Å². The van der Waals surface area contributed by atoms with Crippen molar-refractivity contribution < 1.29 is 0 Å². The predicted molar refractivity (Wildman–Crippen MR) is 86.0 cm³/mol. The first kappa shape index (κ1) is 13.6. The maximum Gasteiger partial charge on any atom is 0.0338 e. The minimum atomic E-state index is 0.428. The Kier molecular flexibility index (Phi) is 4.34. The molecule has 2 heteroatoms. The summed E-state index contributed by atoms with van der Waals surface area (Å²) in [6.45, 7) is 1.18. The van der Waals surface area contributed by atoms with Crippen molar-refractivity contribution in [3.05, 3.63) is 48.0 Å². The number of piperidine rings is 1. The smallest absolute Gasteiger partial charge is 0.0338 e. The zero-order chi connectivity index (χ0) is 13.8. The molecule has 0 spiro atoms. The number of rotatable bonds is 4. The van der Waals surface area contributed by atoms with Crippen molar-refractivity contribution in [3.8, 4) is 0 Å². The molecule has 2 atom stereocenters. The zero-order valence-corrected chi connectivity index (χ0v) is 12.2. The van der Waals surface area contributed by atoms with Gasteiger partial charge in [0.2, 0.25) is 0 Å². The van der Waals surface area contributed by atoms with Crippen LogP contribution in [0.25, 0.3) is 10.8 Å². The van der Waals surface area contributed by atoms with Crippen LogP contribution in [-0.4, -0.2) is 19.6 Å². The highest BCUT2D eigenvalue weighted by Crippen LogP contribution is 2.28. The molecule has 2 unspecified atom stereocenters. The van der Waals surface area contributed by atoms with Gasteiger partial charge in [0.05, 0.1) is 0 Å². The summed E-state index contributed by atoms with van der Waals surface area (Å²) in [5.74, 6) is 0. The molecule has 1 aliphatic heterocycles. The van der Waals surface area contributed by atoms with Crippen molar-refractivity contribution in [1.82, 2.24) is 10.6 Å². The van der Waals surface area contributed by atoms with E-state index in [0.717, 1.165) is 0 Å². The van der Waals surface area contributed by atoms with E-state index < -0.39 is 0 Å². The van der Waals surface area contributed by atoms with Crippen LogP contribution in [0.4, 0.5) is 0 Å². The number of hydrogen-bond donors (Lipinski definition) is 2. The summed E-state index contributed by atoms with van der Waals surface area (Å²) in [4.78, 5) is 0. The molecule has 0 radical (unpaired) electrons. The first-order valence-corrected chi connectivity index (χ1v) is 7.77. The van der Waals surface area contributed by atoms with Gasteiger partial charge in [0.1, 0.15) is 0 Å². The van der Waals surface area contributed by atoms with Crippen molar-refractivity contribution in [2.75, 3.05) is 13.6 Å². The van der Waals surface area contributed by atoms with E-state index in [-0.39, 0.29) is 0 Å². The topological polar surface area (TPSA) is 24.1 Å². The summed E-state index contributed by atoms with van der Waals surface area (Å²) < 4.78 is 0. The molecule has 0 saturated carbocycles. The molecule has 0 aliphatic carbocycles. The highest BCUT2D eigenvalue weighted by atomic mass is 14.9. The normalized spacial score (nSPS) is 20.9. The van der Waals surface area contributed by atoms with Crippen LogP contribution in [0.2, 0.25) is 0 Å². The van der Waals surface area contributed by atoms with Crippen molar-refractivity contribution in [1.29, 1.82) is 0 Å². The third-order valence-electron chi connectivity index (χ3n) is 4.48. The third-order valence-corrected chi connectivity index (χ3v) is 4.48. The molecule has 1 fully saturated rings. The van der Waals surface area contributed by atoms with E-state index in [4.69, 9.17) is 0 Å². The summed E-state index contributed by atoms with van der Waals surface area (Å²) in [6, 6.07) is 16.4. The van der Waals surface area contributed by atoms with Gasteiger partial charge in [0, 0.05) is 12.1 Å². The van der Waals surface area contributed by atoms with Gasteiger partial charge in [-0.15, -0.1) is 0 Å². The fraction of sp³-hybridized carbons (Fsp3) is 0.444. The Morgan fingerprint density at radius 3 is 2.80 bits per heavy atom. The van der Waals surface area contributed by atoms with E-state index in [0.29, 0.717) is 12.1 Å². The maximum atomic E-state index is 3.66. The first-order chi connectivity index (χ1) is 9.88. The predicted octanol–water partition coefficient (Wildman–Crippen LogP) is 3.63. The molecule has 2 nitrogen and oxygen atoms in total. The van der Waals surface area contributed by atoms with E-state index >= 15 is 0 Å². The average Bonchev–Trinajstić information content (AvgIpc) is 2.53. The maximum absolute atomic E-state index is 3.66. The zero-order valence-electron chi connectivity index (χ0n) is 12.2. The largest absolute Gasteiger partial charge is 0.314 e. The minimum Gasteiger partial charge on any atom is -0.314 e. The van der Waals surface area contributed by atoms with Gasteiger partial charge < -0.3 is 10.6 Å². The summed E-state index contributed by atoms with van der Waals surface area (Å²) in [5.41, 5.74) is 1.43. The second kappa shape index (κ2) is 6.38. The number of nitrogens with one attached hydrogen (secondary N) is 2. The molecule has 1 heterocycles. The minimum absolute atomic E-state index is 0.428. The summed E-state index contributed by atoms with van der Waals surface area (Å²) in [6.07, 6.45) is 5.17. The molecule has 2 aromatic carbocycles. The molecule has 2 N–H and O–H groups in total. The van der Waals surface area contributed by atoms with Crippen LogP contribution in [-0.2, 0) is 0 Å². The van der Waals surface area contributed by atoms with Crippen LogP contribution in [0.15, 0.2) is 42.5 Å². The third kappa shape index (κ3) is 2.87. The summed E-state index contributed by atoms with van der Waals surface area (Å²) in [5, 5.41) is 9.89. The van der Waals surface area contributed by atoms with Gasteiger partial charge in [0.25, 0.3) is 0 Å². The Balaban J connectivity index is 1.86.